The molecule has 116 valence electrons. The molecule has 2 aliphatic rings. The number of hydrogen-bond donors (Lipinski definition) is 1. The van der Waals surface area contributed by atoms with Gasteiger partial charge in [-0.25, -0.2) is 8.42 Å². The first-order valence-corrected chi connectivity index (χ1v) is 9.56. The van der Waals surface area contributed by atoms with Crippen LogP contribution in [0, 0.1) is 0 Å². The van der Waals surface area contributed by atoms with Crippen molar-refractivity contribution in [2.24, 2.45) is 0 Å². The van der Waals surface area contributed by atoms with Crippen LogP contribution in [0.15, 0.2) is 0 Å². The number of carbonyl (C=O) groups is 1. The molecule has 1 saturated carbocycles. The Kier molecular flexibility index (Phi) is 5.43. The van der Waals surface area contributed by atoms with Gasteiger partial charge < -0.3 is 5.32 Å². The summed E-state index contributed by atoms with van der Waals surface area (Å²) >= 11 is 0. The number of rotatable bonds is 5. The maximum atomic E-state index is 12.1. The Morgan fingerprint density at radius 2 is 1.90 bits per heavy atom. The summed E-state index contributed by atoms with van der Waals surface area (Å²) in [5.41, 5.74) is 0. The minimum atomic E-state index is -2.89. The van der Waals surface area contributed by atoms with Gasteiger partial charge in [0, 0.05) is 12.1 Å². The zero-order chi connectivity index (χ0) is 14.6. The SMILES string of the molecule is CCN(CC(=O)NC1CCCCC1)C1CCS(=O)(=O)C1. The summed E-state index contributed by atoms with van der Waals surface area (Å²) in [6.07, 6.45) is 6.48. The Hall–Kier alpha value is -0.620. The fraction of sp³-hybridized carbons (Fsp3) is 0.929. The van der Waals surface area contributed by atoms with Gasteiger partial charge in [0.05, 0.1) is 18.1 Å². The van der Waals surface area contributed by atoms with Gasteiger partial charge in [-0.2, -0.15) is 0 Å². The lowest BCUT2D eigenvalue weighted by molar-refractivity contribution is -0.123. The Morgan fingerprint density at radius 1 is 1.20 bits per heavy atom. The van der Waals surface area contributed by atoms with Crippen molar-refractivity contribution in [3.8, 4) is 0 Å². The smallest absolute Gasteiger partial charge is 0.234 e. The molecule has 5 nitrogen and oxygen atoms in total. The summed E-state index contributed by atoms with van der Waals surface area (Å²) in [4.78, 5) is 14.1. The highest BCUT2D eigenvalue weighted by molar-refractivity contribution is 7.91. The Morgan fingerprint density at radius 3 is 2.45 bits per heavy atom. The van der Waals surface area contributed by atoms with Crippen molar-refractivity contribution in [3.05, 3.63) is 0 Å². The van der Waals surface area contributed by atoms with Gasteiger partial charge in [-0.3, -0.25) is 9.69 Å². The predicted molar refractivity (Wildman–Crippen MR) is 79.3 cm³/mol. The molecule has 0 radical (unpaired) electrons. The van der Waals surface area contributed by atoms with E-state index in [1.807, 2.05) is 11.8 Å². The number of amides is 1. The molecule has 1 N–H and O–H groups in total. The summed E-state index contributed by atoms with van der Waals surface area (Å²) in [6, 6.07) is 0.337. The van der Waals surface area contributed by atoms with Crippen molar-refractivity contribution < 1.29 is 13.2 Å². The molecule has 6 heteroatoms. The Labute approximate surface area is 122 Å². The van der Waals surface area contributed by atoms with Crippen LogP contribution in [0.1, 0.15) is 45.4 Å². The van der Waals surface area contributed by atoms with Gasteiger partial charge in [0.15, 0.2) is 9.84 Å². The highest BCUT2D eigenvalue weighted by atomic mass is 32.2. The number of nitrogens with one attached hydrogen (secondary N) is 1. The van der Waals surface area contributed by atoms with Crippen LogP contribution in [0.3, 0.4) is 0 Å². The Bertz CT molecular complexity index is 430. The molecule has 20 heavy (non-hydrogen) atoms. The third-order valence-electron chi connectivity index (χ3n) is 4.45. The molecule has 1 aliphatic heterocycles. The van der Waals surface area contributed by atoms with Crippen LogP contribution in [-0.4, -0.2) is 55.9 Å². The second kappa shape index (κ2) is 6.89. The zero-order valence-electron chi connectivity index (χ0n) is 12.3. The van der Waals surface area contributed by atoms with Crippen LogP contribution >= 0.6 is 0 Å². The molecule has 1 atom stereocenters. The van der Waals surface area contributed by atoms with Gasteiger partial charge in [0.25, 0.3) is 0 Å². The second-order valence-electron chi connectivity index (χ2n) is 6.02. The average Bonchev–Trinajstić information content (AvgIpc) is 2.77. The molecule has 1 heterocycles. The van der Waals surface area contributed by atoms with Crippen LogP contribution in [0.4, 0.5) is 0 Å². The van der Waals surface area contributed by atoms with Gasteiger partial charge in [0.1, 0.15) is 0 Å². The van der Waals surface area contributed by atoms with Crippen LogP contribution in [0.2, 0.25) is 0 Å². The van der Waals surface area contributed by atoms with Gasteiger partial charge in [-0.15, -0.1) is 0 Å². The normalized spacial score (nSPS) is 26.8. The number of likely N-dealkylation sites (N-methyl/N-ethyl adjacent to an activating group) is 1. The highest BCUT2D eigenvalue weighted by Gasteiger charge is 2.32. The first kappa shape index (κ1) is 15.8. The molecule has 0 aromatic rings. The van der Waals surface area contributed by atoms with Crippen molar-refractivity contribution in [1.82, 2.24) is 10.2 Å². The molecule has 2 fully saturated rings. The molecule has 0 aromatic carbocycles. The fourth-order valence-electron chi connectivity index (χ4n) is 3.27. The van der Waals surface area contributed by atoms with Crippen molar-refractivity contribution in [2.45, 2.75) is 57.5 Å². The lowest BCUT2D eigenvalue weighted by Gasteiger charge is -2.28. The molecule has 1 amide bonds. The molecule has 0 bridgehead atoms. The van der Waals surface area contributed by atoms with E-state index in [0.29, 0.717) is 19.0 Å². The van der Waals surface area contributed by atoms with Crippen molar-refractivity contribution in [3.63, 3.8) is 0 Å². The molecule has 0 spiro atoms. The first-order valence-electron chi connectivity index (χ1n) is 7.74. The molecule has 1 unspecified atom stereocenters. The highest BCUT2D eigenvalue weighted by Crippen LogP contribution is 2.19. The standard InChI is InChI=1S/C14H26N2O3S/c1-2-16(13-8-9-20(18,19)11-13)10-14(17)15-12-6-4-3-5-7-12/h12-13H,2-11H2,1H3,(H,15,17). The number of carbonyl (C=O) groups excluding carboxylic acids is 1. The van der Waals surface area contributed by atoms with Gasteiger partial charge in [-0.05, 0) is 25.8 Å². The summed E-state index contributed by atoms with van der Waals surface area (Å²) in [5.74, 6) is 0.513. The predicted octanol–water partition coefficient (Wildman–Crippen LogP) is 0.944. The van der Waals surface area contributed by atoms with Crippen molar-refractivity contribution >= 4 is 15.7 Å². The minimum absolute atomic E-state index is 0.0158. The zero-order valence-corrected chi connectivity index (χ0v) is 13.1. The fourth-order valence-corrected chi connectivity index (χ4v) is 5.03. The molecule has 1 saturated heterocycles. The van der Waals surface area contributed by atoms with Crippen molar-refractivity contribution in [2.75, 3.05) is 24.6 Å². The van der Waals surface area contributed by atoms with Crippen LogP contribution < -0.4 is 5.32 Å². The lowest BCUT2D eigenvalue weighted by Crippen LogP contribution is -2.46. The monoisotopic (exact) mass is 302 g/mol. The van der Waals surface area contributed by atoms with E-state index in [1.54, 1.807) is 0 Å². The topological polar surface area (TPSA) is 66.5 Å². The van der Waals surface area contributed by atoms with E-state index in [0.717, 1.165) is 19.4 Å². The van der Waals surface area contributed by atoms with Gasteiger partial charge in [-0.1, -0.05) is 26.2 Å². The number of hydrogen-bond acceptors (Lipinski definition) is 4. The average molecular weight is 302 g/mol. The maximum Gasteiger partial charge on any atom is 0.234 e. The van der Waals surface area contributed by atoms with E-state index in [2.05, 4.69) is 5.32 Å². The van der Waals surface area contributed by atoms with E-state index < -0.39 is 9.84 Å². The van der Waals surface area contributed by atoms with E-state index in [4.69, 9.17) is 0 Å². The summed E-state index contributed by atoms with van der Waals surface area (Å²) in [7, 11) is -2.89. The minimum Gasteiger partial charge on any atom is -0.352 e. The maximum absolute atomic E-state index is 12.1. The summed E-state index contributed by atoms with van der Waals surface area (Å²) < 4.78 is 23.1. The van der Waals surface area contributed by atoms with Gasteiger partial charge >= 0.3 is 0 Å². The van der Waals surface area contributed by atoms with E-state index in [1.165, 1.54) is 19.3 Å². The third kappa shape index (κ3) is 4.45. The van der Waals surface area contributed by atoms with E-state index in [-0.39, 0.29) is 23.5 Å². The largest absolute Gasteiger partial charge is 0.352 e. The number of sulfone groups is 1. The quantitative estimate of drug-likeness (QED) is 0.821. The van der Waals surface area contributed by atoms with Crippen LogP contribution in [0.25, 0.3) is 0 Å². The third-order valence-corrected chi connectivity index (χ3v) is 6.20. The molecule has 1 aliphatic carbocycles. The van der Waals surface area contributed by atoms with Crippen LogP contribution in [-0.2, 0) is 14.6 Å². The second-order valence-corrected chi connectivity index (χ2v) is 8.25. The van der Waals surface area contributed by atoms with Crippen LogP contribution in [0.5, 0.6) is 0 Å². The molecular formula is C14H26N2O3S. The molecular weight excluding hydrogens is 276 g/mol. The molecule has 2 rings (SSSR count). The Balaban J connectivity index is 1.81. The lowest BCUT2D eigenvalue weighted by atomic mass is 9.95. The summed E-state index contributed by atoms with van der Waals surface area (Å²) in [6.45, 7) is 3.03. The molecule has 0 aromatic heterocycles. The number of nitrogens with zero attached hydrogens (tertiary/aromatic N) is 1. The van der Waals surface area contributed by atoms with Crippen molar-refractivity contribution in [1.29, 1.82) is 0 Å². The van der Waals surface area contributed by atoms with E-state index >= 15 is 0 Å². The first-order chi connectivity index (χ1) is 9.50. The van der Waals surface area contributed by atoms with E-state index in [9.17, 15) is 13.2 Å². The van der Waals surface area contributed by atoms with Gasteiger partial charge in [0.2, 0.25) is 5.91 Å². The summed E-state index contributed by atoms with van der Waals surface area (Å²) in [5, 5.41) is 3.10.